The fraction of sp³-hybridized carbons (Fsp3) is 0.167. The van der Waals surface area contributed by atoms with Gasteiger partial charge in [0, 0.05) is 9.75 Å². The van der Waals surface area contributed by atoms with Gasteiger partial charge in [0.15, 0.2) is 0 Å². The van der Waals surface area contributed by atoms with Crippen molar-refractivity contribution in [3.05, 3.63) is 346 Å². The maximum atomic E-state index is 6.98. The van der Waals surface area contributed by atoms with Crippen molar-refractivity contribution in [1.29, 1.82) is 0 Å². The topological polar surface area (TPSA) is 0 Å². The molecule has 92 heavy (non-hydrogen) atoms. The van der Waals surface area contributed by atoms with Crippen molar-refractivity contribution in [3.8, 4) is 21.6 Å². The van der Waals surface area contributed by atoms with Crippen LogP contribution >= 0.6 is 54.4 Å². The molecule has 11 aromatic rings. The first kappa shape index (κ1) is 75.2. The minimum atomic E-state index is -0.348. The second-order valence-corrected chi connectivity index (χ2v) is 33.6. The van der Waals surface area contributed by atoms with Gasteiger partial charge in [-0.2, -0.15) is 27.8 Å². The number of allylic oxidation sites excluding steroid dienone is 2. The standard InChI is InChI=1S/2C26H24P2.C12H4S2.2C10H15.2Ru/c2*1-5-13-23(14-6-1)27(24-15-7-2-8-16-24)21-22-28(25-17-9-3-10-18-25)26-19-11-4-12-20-26;1-3-9-5-7-11(13-9)12-8-6-10(4-2)14-12;2*1-6-7(2)9(4)10(5)8(6)3;;/h2*1-20H,21-22H2;5-8H;2*1-5H3;;/q;;-2;2*-1;2*+2. The molecule has 0 saturated carbocycles. The molecule has 2 heterocycles. The Morgan fingerprint density at radius 1 is 0.326 bits per heavy atom. The van der Waals surface area contributed by atoms with Gasteiger partial charge in [-0.3, -0.25) is 11.8 Å². The van der Waals surface area contributed by atoms with Gasteiger partial charge in [-0.05, 0) is 98.8 Å². The predicted octanol–water partition coefficient (Wildman–Crippen LogP) is 19.9. The average Bonchev–Trinajstić information content (AvgIpc) is 1.52. The zero-order valence-corrected chi connectivity index (χ0v) is 63.2. The predicted molar refractivity (Wildman–Crippen MR) is 407 cm³/mol. The summed E-state index contributed by atoms with van der Waals surface area (Å²) >= 11 is 3.07. The van der Waals surface area contributed by atoms with Gasteiger partial charge in [-0.15, -0.1) is 26.0 Å². The maximum absolute atomic E-state index is 6.98. The molecule has 0 bridgehead atoms. The number of rotatable bonds is 15. The molecule has 0 aliphatic heterocycles. The first-order valence-electron chi connectivity index (χ1n) is 30.7. The smallest absolute Gasteiger partial charge is 0.365 e. The Morgan fingerprint density at radius 2 is 0.543 bits per heavy atom. The molecule has 2 aromatic heterocycles. The van der Waals surface area contributed by atoms with Gasteiger partial charge in [-0.1, -0.05) is 332 Å². The number of thiophene rings is 2. The molecule has 0 fully saturated rings. The third-order valence-corrected chi connectivity index (χ3v) is 29.9. The van der Waals surface area contributed by atoms with E-state index in [1.54, 1.807) is 0 Å². The molecule has 1 aliphatic rings. The summed E-state index contributed by atoms with van der Waals surface area (Å²) in [6.45, 7) is 22.0. The largest absolute Gasteiger partial charge is 2.00 e. The fourth-order valence-electron chi connectivity index (χ4n) is 10.8. The summed E-state index contributed by atoms with van der Waals surface area (Å²) in [4.78, 5) is 3.89. The van der Waals surface area contributed by atoms with Crippen LogP contribution < -0.4 is 42.4 Å². The van der Waals surface area contributed by atoms with E-state index in [4.69, 9.17) is 12.8 Å². The normalized spacial score (nSPS) is 11.8. The van der Waals surface area contributed by atoms with Gasteiger partial charge in [-0.25, -0.2) is 39.7 Å². The molecule has 0 atom stereocenters. The van der Waals surface area contributed by atoms with Gasteiger partial charge in [0.05, 0.1) is 0 Å². The monoisotopic (exact) mass is 1480 g/mol. The van der Waals surface area contributed by atoms with Gasteiger partial charge < -0.3 is 12.8 Å². The molecule has 2 radical (unpaired) electrons. The average molecular weight is 1480 g/mol. The van der Waals surface area contributed by atoms with Crippen LogP contribution in [0.4, 0.5) is 0 Å². The molecule has 8 heteroatoms. The van der Waals surface area contributed by atoms with Crippen LogP contribution in [0.2, 0.25) is 0 Å². The van der Waals surface area contributed by atoms with Crippen molar-refractivity contribution in [2.45, 2.75) is 69.2 Å². The van der Waals surface area contributed by atoms with Crippen LogP contribution in [0.3, 0.4) is 0 Å². The molecule has 9 aromatic carbocycles. The van der Waals surface area contributed by atoms with Crippen molar-refractivity contribution in [2.24, 2.45) is 0 Å². The Hall–Kier alpha value is -5.79. The van der Waals surface area contributed by atoms with E-state index in [0.29, 0.717) is 0 Å². The molecular weight excluding hydrogens is 1400 g/mol. The third kappa shape index (κ3) is 21.1. The van der Waals surface area contributed by atoms with Gasteiger partial charge >= 0.3 is 39.0 Å². The van der Waals surface area contributed by atoms with E-state index in [1.165, 1.54) is 146 Å². The van der Waals surface area contributed by atoms with Crippen LogP contribution in [0, 0.1) is 77.1 Å². The van der Waals surface area contributed by atoms with Crippen LogP contribution in [-0.4, -0.2) is 24.6 Å². The first-order chi connectivity index (χ1) is 43.8. The van der Waals surface area contributed by atoms with Crippen molar-refractivity contribution >= 4 is 96.8 Å². The summed E-state index contributed by atoms with van der Waals surface area (Å²) < 4.78 is 0. The summed E-state index contributed by atoms with van der Waals surface area (Å²) in [6, 6.07) is 96.1. The summed E-state index contributed by atoms with van der Waals surface area (Å²) in [5, 5.41) is 11.8. The molecule has 0 spiro atoms. The van der Waals surface area contributed by atoms with Crippen LogP contribution in [0.25, 0.3) is 9.75 Å². The van der Waals surface area contributed by atoms with E-state index in [0.717, 1.165) is 19.5 Å². The number of benzene rings is 8. The van der Waals surface area contributed by atoms with Crippen molar-refractivity contribution in [3.63, 3.8) is 0 Å². The molecule has 0 saturated heterocycles. The van der Waals surface area contributed by atoms with E-state index in [1.807, 2.05) is 24.3 Å². The summed E-state index contributed by atoms with van der Waals surface area (Å²) in [5.41, 5.74) is 10.3. The second-order valence-electron chi connectivity index (χ2n) is 22.1. The van der Waals surface area contributed by atoms with Crippen LogP contribution in [0.15, 0.2) is 278 Å². The first-order valence-corrected chi connectivity index (χ1v) is 38.5. The third-order valence-electron chi connectivity index (χ3n) is 17.0. The zero-order chi connectivity index (χ0) is 63.8. The van der Waals surface area contributed by atoms with Crippen molar-refractivity contribution < 1.29 is 39.0 Å². The Labute approximate surface area is 592 Å². The van der Waals surface area contributed by atoms with E-state index in [2.05, 4.69) is 324 Å². The molecule has 0 amide bonds. The molecule has 1 aliphatic carbocycles. The second kappa shape index (κ2) is 39.2. The van der Waals surface area contributed by atoms with Gasteiger partial charge in [0.25, 0.3) is 0 Å². The van der Waals surface area contributed by atoms with Crippen LogP contribution in [-0.2, 0) is 39.0 Å². The van der Waals surface area contributed by atoms with Gasteiger partial charge in [0.1, 0.15) is 0 Å². The van der Waals surface area contributed by atoms with E-state index in [-0.39, 0.29) is 70.6 Å². The number of hydrogen-bond donors (Lipinski definition) is 0. The number of hydrogen-bond acceptors (Lipinski definition) is 2. The molecule has 0 nitrogen and oxygen atoms in total. The van der Waals surface area contributed by atoms with E-state index in [9.17, 15) is 0 Å². The molecule has 466 valence electrons. The minimum absolute atomic E-state index is 0. The SMILES string of the molecule is C[C]1[C](C)[C-](C)C(C)=C1C.Cc1c(C)c(C)[c-](C)c1C.[C-]#Cc1ccc(-c2ccc(C#[C-])s2)s1.[Ru+2].[Ru+2].c1ccc(P(CCP(c2ccccc2)c2ccccc2)c2ccccc2)cc1.c1ccc(P(CCP(c2ccccc2)c2ccccc2)c2ccccc2)cc1. The Morgan fingerprint density at radius 3 is 0.674 bits per heavy atom. The van der Waals surface area contributed by atoms with Crippen molar-refractivity contribution in [2.75, 3.05) is 24.6 Å². The Kier molecular flexibility index (Phi) is 32.0. The fourth-order valence-corrected chi connectivity index (χ4v) is 23.2. The quantitative estimate of drug-likeness (QED) is 0.0415. The Balaban J connectivity index is 0.000000195. The van der Waals surface area contributed by atoms with Crippen LogP contribution in [0.1, 0.15) is 72.2 Å². The maximum Gasteiger partial charge on any atom is 2.00 e. The Bertz CT molecular complexity index is 3360. The van der Waals surface area contributed by atoms with Crippen LogP contribution in [0.5, 0.6) is 0 Å². The zero-order valence-electron chi connectivity index (χ0n) is 54.5. The molecular formula is C84H82P4Ru2S2. The van der Waals surface area contributed by atoms with E-state index >= 15 is 0 Å². The minimum Gasteiger partial charge on any atom is -0.365 e. The van der Waals surface area contributed by atoms with E-state index < -0.39 is 0 Å². The summed E-state index contributed by atoms with van der Waals surface area (Å²) in [7, 11) is -1.39. The molecule has 0 N–H and O–H groups in total. The summed E-state index contributed by atoms with van der Waals surface area (Å²) in [5.74, 6) is 9.12. The summed E-state index contributed by atoms with van der Waals surface area (Å²) in [6.07, 6.45) is 18.8. The molecule has 12 rings (SSSR count). The van der Waals surface area contributed by atoms with Gasteiger partial charge in [0.2, 0.25) is 0 Å². The van der Waals surface area contributed by atoms with Crippen molar-refractivity contribution in [1.82, 2.24) is 0 Å². The molecule has 0 unspecified atom stereocenters.